The van der Waals surface area contributed by atoms with Crippen LogP contribution in [-0.2, 0) is 4.74 Å². The van der Waals surface area contributed by atoms with Crippen molar-refractivity contribution < 1.29 is 4.74 Å². The van der Waals surface area contributed by atoms with E-state index in [0.717, 1.165) is 37.6 Å². The molecule has 0 spiro atoms. The number of anilines is 1. The van der Waals surface area contributed by atoms with Gasteiger partial charge in [0, 0.05) is 25.1 Å². The van der Waals surface area contributed by atoms with E-state index in [1.54, 1.807) is 6.07 Å². The van der Waals surface area contributed by atoms with Crippen molar-refractivity contribution in [2.24, 2.45) is 0 Å². The molecule has 102 valence electrons. The smallest absolute Gasteiger partial charge is 0.135 e. The van der Waals surface area contributed by atoms with E-state index in [4.69, 9.17) is 16.3 Å². The van der Waals surface area contributed by atoms with Crippen molar-refractivity contribution in [3.63, 3.8) is 0 Å². The highest BCUT2D eigenvalue weighted by atomic mass is 35.5. The van der Waals surface area contributed by atoms with Crippen LogP contribution in [0.3, 0.4) is 0 Å². The van der Waals surface area contributed by atoms with Gasteiger partial charge in [0.25, 0.3) is 0 Å². The van der Waals surface area contributed by atoms with Crippen LogP contribution in [0.4, 0.5) is 5.82 Å². The summed E-state index contributed by atoms with van der Waals surface area (Å²) >= 11 is 5.95. The number of aromatic nitrogens is 2. The first kappa shape index (κ1) is 15.2. The van der Waals surface area contributed by atoms with E-state index >= 15 is 0 Å². The predicted molar refractivity (Wildman–Crippen MR) is 75.3 cm³/mol. The number of hydrogen-bond acceptors (Lipinski definition) is 4. The second-order valence-electron chi connectivity index (χ2n) is 4.48. The first-order valence-corrected chi connectivity index (χ1v) is 6.87. The quantitative estimate of drug-likeness (QED) is 0.581. The van der Waals surface area contributed by atoms with Crippen LogP contribution in [0.5, 0.6) is 0 Å². The molecule has 1 aromatic heterocycles. The molecule has 1 aromatic rings. The lowest BCUT2D eigenvalue weighted by Crippen LogP contribution is -2.12. The highest BCUT2D eigenvalue weighted by Crippen LogP contribution is 2.16. The largest absolute Gasteiger partial charge is 0.380 e. The molecule has 0 aliphatic heterocycles. The minimum Gasteiger partial charge on any atom is -0.380 e. The van der Waals surface area contributed by atoms with E-state index in [1.807, 2.05) is 13.8 Å². The average Bonchev–Trinajstić information content (AvgIpc) is 2.33. The molecule has 0 saturated carbocycles. The van der Waals surface area contributed by atoms with Gasteiger partial charge in [-0.15, -0.1) is 0 Å². The van der Waals surface area contributed by atoms with Crippen LogP contribution >= 0.6 is 11.6 Å². The zero-order valence-electron chi connectivity index (χ0n) is 11.4. The van der Waals surface area contributed by atoms with Crippen LogP contribution in [-0.4, -0.2) is 29.7 Å². The molecule has 0 saturated heterocycles. The third-order valence-corrected chi connectivity index (χ3v) is 2.62. The van der Waals surface area contributed by atoms with Gasteiger partial charge in [-0.3, -0.25) is 0 Å². The molecule has 0 unspecified atom stereocenters. The Morgan fingerprint density at radius 3 is 2.78 bits per heavy atom. The van der Waals surface area contributed by atoms with Crippen LogP contribution < -0.4 is 5.32 Å². The van der Waals surface area contributed by atoms with Gasteiger partial charge in [-0.25, -0.2) is 9.97 Å². The van der Waals surface area contributed by atoms with E-state index in [9.17, 15) is 0 Å². The van der Waals surface area contributed by atoms with Gasteiger partial charge in [-0.2, -0.15) is 0 Å². The van der Waals surface area contributed by atoms with E-state index in [1.165, 1.54) is 0 Å². The molecule has 5 heteroatoms. The molecule has 1 rings (SSSR count). The third-order valence-electron chi connectivity index (χ3n) is 2.42. The minimum atomic E-state index is 0.269. The highest BCUT2D eigenvalue weighted by molar-refractivity contribution is 6.29. The van der Waals surface area contributed by atoms with Gasteiger partial charge in [0.05, 0.1) is 6.61 Å². The Labute approximate surface area is 114 Å². The molecule has 0 radical (unpaired) electrons. The number of unbranched alkanes of at least 4 members (excludes halogenated alkanes) is 1. The van der Waals surface area contributed by atoms with Crippen molar-refractivity contribution >= 4 is 17.4 Å². The Hall–Kier alpha value is -0.870. The second kappa shape index (κ2) is 8.27. The second-order valence-corrected chi connectivity index (χ2v) is 4.87. The van der Waals surface area contributed by atoms with E-state index in [0.29, 0.717) is 11.8 Å². The minimum absolute atomic E-state index is 0.269. The lowest BCUT2D eigenvalue weighted by atomic mass is 10.2. The van der Waals surface area contributed by atoms with Crippen LogP contribution in [0.2, 0.25) is 5.15 Å². The molecular weight excluding hydrogens is 250 g/mol. The van der Waals surface area contributed by atoms with Gasteiger partial charge in [0.1, 0.15) is 16.8 Å². The molecule has 0 amide bonds. The van der Waals surface area contributed by atoms with Crippen LogP contribution in [0, 0.1) is 0 Å². The first-order valence-electron chi connectivity index (χ1n) is 6.49. The molecule has 1 N–H and O–H groups in total. The topological polar surface area (TPSA) is 47.0 Å². The summed E-state index contributed by atoms with van der Waals surface area (Å²) in [6.07, 6.45) is 2.27. The molecular formula is C13H22ClN3O. The average molecular weight is 272 g/mol. The number of ether oxygens (including phenoxy) is 1. The molecule has 0 aliphatic rings. The normalized spacial score (nSPS) is 10.9. The molecule has 4 nitrogen and oxygen atoms in total. The molecule has 0 fully saturated rings. The fourth-order valence-electron chi connectivity index (χ4n) is 1.38. The van der Waals surface area contributed by atoms with Crippen molar-refractivity contribution in [1.82, 2.24) is 9.97 Å². The SMILES string of the molecule is CCCCOCCNc1cc(Cl)nc(C(C)C)n1. The summed E-state index contributed by atoms with van der Waals surface area (Å²) in [4.78, 5) is 8.59. The monoisotopic (exact) mass is 271 g/mol. The molecule has 1 heterocycles. The van der Waals surface area contributed by atoms with E-state index in [-0.39, 0.29) is 5.92 Å². The Kier molecular flexibility index (Phi) is 6.98. The van der Waals surface area contributed by atoms with Crippen molar-refractivity contribution in [2.75, 3.05) is 25.1 Å². The standard InChI is InChI=1S/C13H22ClN3O/c1-4-5-7-18-8-6-15-12-9-11(14)16-13(17-12)10(2)3/h9-10H,4-8H2,1-3H3,(H,15,16,17). The molecule has 18 heavy (non-hydrogen) atoms. The fourth-order valence-corrected chi connectivity index (χ4v) is 1.57. The molecule has 0 aliphatic carbocycles. The summed E-state index contributed by atoms with van der Waals surface area (Å²) < 4.78 is 5.46. The van der Waals surface area contributed by atoms with Crippen LogP contribution in [0.1, 0.15) is 45.4 Å². The summed E-state index contributed by atoms with van der Waals surface area (Å²) in [5.41, 5.74) is 0. The van der Waals surface area contributed by atoms with Gasteiger partial charge >= 0.3 is 0 Å². The number of nitrogens with zero attached hydrogens (tertiary/aromatic N) is 2. The zero-order chi connectivity index (χ0) is 13.4. The predicted octanol–water partition coefficient (Wildman–Crippen LogP) is 3.48. The summed E-state index contributed by atoms with van der Waals surface area (Å²) in [6.45, 7) is 8.47. The maximum atomic E-state index is 5.95. The van der Waals surface area contributed by atoms with Crippen LogP contribution in [0.25, 0.3) is 0 Å². The summed E-state index contributed by atoms with van der Waals surface area (Å²) in [7, 11) is 0. The lowest BCUT2D eigenvalue weighted by molar-refractivity contribution is 0.141. The maximum absolute atomic E-state index is 5.95. The Morgan fingerprint density at radius 2 is 2.11 bits per heavy atom. The van der Waals surface area contributed by atoms with E-state index < -0.39 is 0 Å². The number of rotatable bonds is 8. The van der Waals surface area contributed by atoms with Crippen molar-refractivity contribution in [3.05, 3.63) is 17.0 Å². The van der Waals surface area contributed by atoms with Gasteiger partial charge in [-0.05, 0) is 6.42 Å². The number of nitrogens with one attached hydrogen (secondary N) is 1. The van der Waals surface area contributed by atoms with Crippen molar-refractivity contribution in [3.8, 4) is 0 Å². The van der Waals surface area contributed by atoms with Gasteiger partial charge in [0.15, 0.2) is 0 Å². The maximum Gasteiger partial charge on any atom is 0.135 e. The van der Waals surface area contributed by atoms with Crippen molar-refractivity contribution in [2.45, 2.75) is 39.5 Å². The van der Waals surface area contributed by atoms with Crippen molar-refractivity contribution in [1.29, 1.82) is 0 Å². The van der Waals surface area contributed by atoms with Gasteiger partial charge in [0.2, 0.25) is 0 Å². The van der Waals surface area contributed by atoms with E-state index in [2.05, 4.69) is 22.2 Å². The Bertz CT molecular complexity index is 358. The number of hydrogen-bond donors (Lipinski definition) is 1. The summed E-state index contributed by atoms with van der Waals surface area (Å²) in [5, 5.41) is 3.67. The molecule has 0 aromatic carbocycles. The first-order chi connectivity index (χ1) is 8.63. The summed E-state index contributed by atoms with van der Waals surface area (Å²) in [5.74, 6) is 1.79. The molecule has 0 atom stereocenters. The lowest BCUT2D eigenvalue weighted by Gasteiger charge is -2.09. The van der Waals surface area contributed by atoms with Crippen LogP contribution in [0.15, 0.2) is 6.07 Å². The highest BCUT2D eigenvalue weighted by Gasteiger charge is 2.06. The van der Waals surface area contributed by atoms with Gasteiger partial charge < -0.3 is 10.1 Å². The molecule has 0 bridgehead atoms. The van der Waals surface area contributed by atoms with Gasteiger partial charge in [-0.1, -0.05) is 38.8 Å². The Balaban J connectivity index is 2.37. The number of halogens is 1. The Morgan fingerprint density at radius 1 is 1.33 bits per heavy atom. The zero-order valence-corrected chi connectivity index (χ0v) is 12.1. The summed E-state index contributed by atoms with van der Waals surface area (Å²) in [6, 6.07) is 1.74. The fraction of sp³-hybridized carbons (Fsp3) is 0.692. The third kappa shape index (κ3) is 5.65.